The zero-order valence-electron chi connectivity index (χ0n) is 7.66. The Bertz CT molecular complexity index is 361. The fraction of sp³-hybridized carbons (Fsp3) is 0.167. The second kappa shape index (κ2) is 3.48. The van der Waals surface area contributed by atoms with Gasteiger partial charge in [-0.1, -0.05) is 29.9 Å². The lowest BCUT2D eigenvalue weighted by Crippen LogP contribution is -1.77. The van der Waals surface area contributed by atoms with E-state index in [2.05, 4.69) is 31.2 Å². The molecule has 0 atom stereocenters. The molecule has 0 N–H and O–H groups in total. The highest BCUT2D eigenvalue weighted by Gasteiger charge is 2.03. The van der Waals surface area contributed by atoms with Crippen LogP contribution in [0.15, 0.2) is 52.7 Å². The standard InChI is InChI=1S/C12H12O/c1-10-4-2-5-11(8-7-10)12-6-3-9-13-12/h2-7,9H,8H2,1H3. The summed E-state index contributed by atoms with van der Waals surface area (Å²) in [5.74, 6) is 0.968. The summed E-state index contributed by atoms with van der Waals surface area (Å²) in [7, 11) is 0. The van der Waals surface area contributed by atoms with Crippen LogP contribution in [0.25, 0.3) is 5.57 Å². The van der Waals surface area contributed by atoms with Crippen LogP contribution in [0, 0.1) is 0 Å². The zero-order valence-corrected chi connectivity index (χ0v) is 7.66. The van der Waals surface area contributed by atoms with E-state index in [0.717, 1.165) is 12.2 Å². The van der Waals surface area contributed by atoms with Crippen molar-refractivity contribution in [3.63, 3.8) is 0 Å². The SMILES string of the molecule is CC1=CCC(c2ccco2)=CC=C1. The summed E-state index contributed by atoms with van der Waals surface area (Å²) in [4.78, 5) is 0. The van der Waals surface area contributed by atoms with Crippen LogP contribution in [0.4, 0.5) is 0 Å². The Balaban J connectivity index is 2.28. The first-order chi connectivity index (χ1) is 6.36. The Morgan fingerprint density at radius 3 is 3.08 bits per heavy atom. The summed E-state index contributed by atoms with van der Waals surface area (Å²) in [5.41, 5.74) is 2.54. The summed E-state index contributed by atoms with van der Waals surface area (Å²) in [5, 5.41) is 0. The van der Waals surface area contributed by atoms with Crippen LogP contribution in [0.3, 0.4) is 0 Å². The minimum atomic E-state index is 0.951. The summed E-state index contributed by atoms with van der Waals surface area (Å²) in [6.07, 6.45) is 11.1. The molecule has 1 heteroatoms. The van der Waals surface area contributed by atoms with Crippen molar-refractivity contribution in [3.05, 3.63) is 54.0 Å². The van der Waals surface area contributed by atoms with Crippen LogP contribution < -0.4 is 0 Å². The predicted molar refractivity (Wildman–Crippen MR) is 54.2 cm³/mol. The van der Waals surface area contributed by atoms with Crippen molar-refractivity contribution < 1.29 is 4.42 Å². The molecule has 13 heavy (non-hydrogen) atoms. The predicted octanol–water partition coefficient (Wildman–Crippen LogP) is 3.57. The second-order valence-electron chi connectivity index (χ2n) is 3.18. The molecule has 2 rings (SSSR count). The topological polar surface area (TPSA) is 13.1 Å². The van der Waals surface area contributed by atoms with Crippen molar-refractivity contribution in [3.8, 4) is 0 Å². The van der Waals surface area contributed by atoms with Crippen molar-refractivity contribution in [2.45, 2.75) is 13.3 Å². The van der Waals surface area contributed by atoms with Crippen LogP contribution in [0.5, 0.6) is 0 Å². The molecule has 0 saturated carbocycles. The fourth-order valence-corrected chi connectivity index (χ4v) is 1.37. The Kier molecular flexibility index (Phi) is 2.17. The number of furan rings is 1. The monoisotopic (exact) mass is 172 g/mol. The molecular weight excluding hydrogens is 160 g/mol. The first kappa shape index (κ1) is 8.11. The molecule has 0 spiro atoms. The van der Waals surface area contributed by atoms with Gasteiger partial charge in [0.2, 0.25) is 0 Å². The van der Waals surface area contributed by atoms with Crippen LogP contribution in [0.2, 0.25) is 0 Å². The quantitative estimate of drug-likeness (QED) is 0.631. The summed E-state index contributed by atoms with van der Waals surface area (Å²) in [6, 6.07) is 3.91. The van der Waals surface area contributed by atoms with Crippen LogP contribution in [0.1, 0.15) is 19.1 Å². The van der Waals surface area contributed by atoms with Crippen molar-refractivity contribution in [2.24, 2.45) is 0 Å². The largest absolute Gasteiger partial charge is 0.465 e. The van der Waals surface area contributed by atoms with E-state index in [4.69, 9.17) is 4.42 Å². The zero-order chi connectivity index (χ0) is 9.10. The van der Waals surface area contributed by atoms with E-state index in [-0.39, 0.29) is 0 Å². The highest BCUT2D eigenvalue weighted by Crippen LogP contribution is 2.22. The van der Waals surface area contributed by atoms with E-state index < -0.39 is 0 Å². The Morgan fingerprint density at radius 1 is 1.38 bits per heavy atom. The van der Waals surface area contributed by atoms with Crippen LogP contribution in [-0.4, -0.2) is 0 Å². The van der Waals surface area contributed by atoms with Gasteiger partial charge >= 0.3 is 0 Å². The lowest BCUT2D eigenvalue weighted by atomic mass is 10.1. The lowest BCUT2D eigenvalue weighted by molar-refractivity contribution is 0.551. The smallest absolute Gasteiger partial charge is 0.130 e. The third-order valence-electron chi connectivity index (χ3n) is 2.14. The number of allylic oxidation sites excluding steroid dienone is 6. The molecule has 0 bridgehead atoms. The first-order valence-electron chi connectivity index (χ1n) is 4.44. The maximum absolute atomic E-state index is 5.33. The summed E-state index contributed by atoms with van der Waals surface area (Å²) in [6.45, 7) is 2.11. The third kappa shape index (κ3) is 1.81. The van der Waals surface area contributed by atoms with Gasteiger partial charge in [0, 0.05) is 0 Å². The second-order valence-corrected chi connectivity index (χ2v) is 3.18. The maximum atomic E-state index is 5.33. The molecule has 0 aromatic carbocycles. The molecule has 1 aliphatic rings. The van der Waals surface area contributed by atoms with Gasteiger partial charge in [0.1, 0.15) is 5.76 Å². The van der Waals surface area contributed by atoms with Gasteiger partial charge in [-0.15, -0.1) is 0 Å². The normalized spacial score (nSPS) is 16.4. The van der Waals surface area contributed by atoms with E-state index in [1.807, 2.05) is 12.1 Å². The highest BCUT2D eigenvalue weighted by atomic mass is 16.3. The fourth-order valence-electron chi connectivity index (χ4n) is 1.37. The molecule has 1 aliphatic carbocycles. The van der Waals surface area contributed by atoms with Gasteiger partial charge in [0.25, 0.3) is 0 Å². The van der Waals surface area contributed by atoms with Gasteiger partial charge in [-0.2, -0.15) is 0 Å². The highest BCUT2D eigenvalue weighted by molar-refractivity contribution is 5.65. The number of rotatable bonds is 1. The molecule has 0 radical (unpaired) electrons. The number of hydrogen-bond donors (Lipinski definition) is 0. The molecule has 0 fully saturated rings. The maximum Gasteiger partial charge on any atom is 0.130 e. The summed E-state index contributed by atoms with van der Waals surface area (Å²) < 4.78 is 5.33. The van der Waals surface area contributed by atoms with E-state index in [1.54, 1.807) is 6.26 Å². The van der Waals surface area contributed by atoms with Crippen molar-refractivity contribution in [2.75, 3.05) is 0 Å². The van der Waals surface area contributed by atoms with Gasteiger partial charge < -0.3 is 4.42 Å². The van der Waals surface area contributed by atoms with E-state index in [1.165, 1.54) is 11.1 Å². The summed E-state index contributed by atoms with van der Waals surface area (Å²) >= 11 is 0. The first-order valence-corrected chi connectivity index (χ1v) is 4.44. The molecular formula is C12H12O. The van der Waals surface area contributed by atoms with Gasteiger partial charge in [0.15, 0.2) is 0 Å². The molecule has 0 amide bonds. The van der Waals surface area contributed by atoms with Crippen LogP contribution in [-0.2, 0) is 0 Å². The van der Waals surface area contributed by atoms with E-state index >= 15 is 0 Å². The third-order valence-corrected chi connectivity index (χ3v) is 2.14. The van der Waals surface area contributed by atoms with Gasteiger partial charge in [0.05, 0.1) is 6.26 Å². The molecule has 1 nitrogen and oxygen atoms in total. The van der Waals surface area contributed by atoms with E-state index in [9.17, 15) is 0 Å². The Hall–Kier alpha value is -1.50. The molecule has 1 heterocycles. The molecule has 0 unspecified atom stereocenters. The van der Waals surface area contributed by atoms with Gasteiger partial charge in [-0.25, -0.2) is 0 Å². The van der Waals surface area contributed by atoms with Crippen molar-refractivity contribution in [1.29, 1.82) is 0 Å². The minimum Gasteiger partial charge on any atom is -0.465 e. The Morgan fingerprint density at radius 2 is 2.31 bits per heavy atom. The van der Waals surface area contributed by atoms with Crippen molar-refractivity contribution >= 4 is 5.57 Å². The molecule has 0 saturated heterocycles. The number of hydrogen-bond acceptors (Lipinski definition) is 1. The van der Waals surface area contributed by atoms with Gasteiger partial charge in [-0.05, 0) is 31.1 Å². The average molecular weight is 172 g/mol. The molecule has 1 aromatic rings. The average Bonchev–Trinajstić information content (AvgIpc) is 2.56. The Labute approximate surface area is 78.1 Å². The molecule has 0 aliphatic heterocycles. The minimum absolute atomic E-state index is 0.951. The van der Waals surface area contributed by atoms with E-state index in [0.29, 0.717) is 0 Å². The molecule has 66 valence electrons. The van der Waals surface area contributed by atoms with Gasteiger partial charge in [-0.3, -0.25) is 0 Å². The van der Waals surface area contributed by atoms with Crippen molar-refractivity contribution in [1.82, 2.24) is 0 Å². The van der Waals surface area contributed by atoms with Crippen LogP contribution >= 0.6 is 0 Å². The lowest BCUT2D eigenvalue weighted by Gasteiger charge is -1.97. The molecule has 1 aromatic heterocycles.